The average molecular weight is 301 g/mol. The average Bonchev–Trinajstić information content (AvgIpc) is 2.40. The highest BCUT2D eigenvalue weighted by Gasteiger charge is 2.34. The third-order valence-corrected chi connectivity index (χ3v) is 3.35. The predicted octanol–water partition coefficient (Wildman–Crippen LogP) is 1.20. The Balaban J connectivity index is 2.26. The van der Waals surface area contributed by atoms with E-state index in [9.17, 15) is 22.8 Å². The van der Waals surface area contributed by atoms with E-state index in [-0.39, 0.29) is 24.6 Å². The van der Waals surface area contributed by atoms with Crippen molar-refractivity contribution in [1.29, 1.82) is 0 Å². The van der Waals surface area contributed by atoms with E-state index in [1.165, 1.54) is 15.9 Å². The SMILES string of the molecule is CN1CCN(C(=O)c2ccc(N)c(C(F)(F)F)c2)CC1=O. The van der Waals surface area contributed by atoms with Crippen molar-refractivity contribution < 1.29 is 22.8 Å². The van der Waals surface area contributed by atoms with Crippen LogP contribution in [0, 0.1) is 0 Å². The number of nitrogens with zero attached hydrogens (tertiary/aromatic N) is 2. The van der Waals surface area contributed by atoms with Gasteiger partial charge in [0.25, 0.3) is 5.91 Å². The molecule has 0 spiro atoms. The maximum absolute atomic E-state index is 12.8. The van der Waals surface area contributed by atoms with Crippen LogP contribution in [0.2, 0.25) is 0 Å². The summed E-state index contributed by atoms with van der Waals surface area (Å²) in [4.78, 5) is 26.4. The van der Waals surface area contributed by atoms with Crippen molar-refractivity contribution in [2.45, 2.75) is 6.18 Å². The van der Waals surface area contributed by atoms with Gasteiger partial charge >= 0.3 is 6.18 Å². The zero-order valence-electron chi connectivity index (χ0n) is 11.3. The van der Waals surface area contributed by atoms with Crippen molar-refractivity contribution in [2.75, 3.05) is 32.4 Å². The second-order valence-electron chi connectivity index (χ2n) is 4.84. The highest BCUT2D eigenvalue weighted by Crippen LogP contribution is 2.34. The lowest BCUT2D eigenvalue weighted by Gasteiger charge is -2.32. The molecule has 0 atom stereocenters. The summed E-state index contributed by atoms with van der Waals surface area (Å²) in [6.07, 6.45) is -4.63. The number of likely N-dealkylation sites (N-methyl/N-ethyl adjacent to an activating group) is 1. The van der Waals surface area contributed by atoms with Gasteiger partial charge < -0.3 is 15.5 Å². The van der Waals surface area contributed by atoms with Gasteiger partial charge in [-0.15, -0.1) is 0 Å². The minimum absolute atomic E-state index is 0.131. The molecule has 1 heterocycles. The summed E-state index contributed by atoms with van der Waals surface area (Å²) >= 11 is 0. The molecule has 0 bridgehead atoms. The topological polar surface area (TPSA) is 66.6 Å². The van der Waals surface area contributed by atoms with Gasteiger partial charge in [-0.2, -0.15) is 13.2 Å². The number of anilines is 1. The predicted molar refractivity (Wildman–Crippen MR) is 69.4 cm³/mol. The van der Waals surface area contributed by atoms with E-state index in [4.69, 9.17) is 5.73 Å². The first-order chi connectivity index (χ1) is 9.70. The molecule has 1 aromatic rings. The minimum atomic E-state index is -4.63. The monoisotopic (exact) mass is 301 g/mol. The molecule has 2 amide bonds. The molecule has 1 fully saturated rings. The van der Waals surface area contributed by atoms with Crippen LogP contribution < -0.4 is 5.73 Å². The number of amides is 2. The Morgan fingerprint density at radius 2 is 1.95 bits per heavy atom. The van der Waals surface area contributed by atoms with E-state index in [2.05, 4.69) is 0 Å². The van der Waals surface area contributed by atoms with E-state index in [1.807, 2.05) is 0 Å². The van der Waals surface area contributed by atoms with E-state index in [1.54, 1.807) is 7.05 Å². The van der Waals surface area contributed by atoms with Gasteiger partial charge in [-0.3, -0.25) is 9.59 Å². The summed E-state index contributed by atoms with van der Waals surface area (Å²) < 4.78 is 38.3. The fourth-order valence-corrected chi connectivity index (χ4v) is 2.05. The zero-order valence-corrected chi connectivity index (χ0v) is 11.3. The van der Waals surface area contributed by atoms with Crippen molar-refractivity contribution in [3.05, 3.63) is 29.3 Å². The van der Waals surface area contributed by atoms with Crippen LogP contribution in [0.25, 0.3) is 0 Å². The van der Waals surface area contributed by atoms with Crippen molar-refractivity contribution in [2.24, 2.45) is 0 Å². The molecular formula is C13H14F3N3O2. The quantitative estimate of drug-likeness (QED) is 0.793. The molecule has 8 heteroatoms. The van der Waals surface area contributed by atoms with Crippen LogP contribution in [-0.2, 0) is 11.0 Å². The normalized spacial score (nSPS) is 16.3. The molecular weight excluding hydrogens is 287 g/mol. The van der Waals surface area contributed by atoms with Crippen LogP contribution in [-0.4, -0.2) is 48.3 Å². The number of halogens is 3. The van der Waals surface area contributed by atoms with Gasteiger partial charge in [0.05, 0.1) is 5.56 Å². The summed E-state index contributed by atoms with van der Waals surface area (Å²) in [7, 11) is 1.61. The molecule has 2 rings (SSSR count). The fourth-order valence-electron chi connectivity index (χ4n) is 2.05. The number of hydrogen-bond acceptors (Lipinski definition) is 3. The van der Waals surface area contributed by atoms with Crippen LogP contribution in [0.1, 0.15) is 15.9 Å². The molecule has 0 aromatic heterocycles. The molecule has 5 nitrogen and oxygen atoms in total. The molecule has 0 unspecified atom stereocenters. The van der Waals surface area contributed by atoms with E-state index >= 15 is 0 Å². The lowest BCUT2D eigenvalue weighted by atomic mass is 10.1. The zero-order chi connectivity index (χ0) is 15.8. The van der Waals surface area contributed by atoms with Crippen LogP contribution in [0.5, 0.6) is 0 Å². The lowest BCUT2D eigenvalue weighted by Crippen LogP contribution is -2.50. The van der Waals surface area contributed by atoms with Gasteiger partial charge in [0.15, 0.2) is 0 Å². The van der Waals surface area contributed by atoms with E-state index < -0.39 is 23.3 Å². The van der Waals surface area contributed by atoms with Gasteiger partial charge in [0, 0.05) is 31.4 Å². The molecule has 0 radical (unpaired) electrons. The number of piperazine rings is 1. The van der Waals surface area contributed by atoms with Crippen molar-refractivity contribution >= 4 is 17.5 Å². The summed E-state index contributed by atoms with van der Waals surface area (Å²) in [6.45, 7) is 0.500. The van der Waals surface area contributed by atoms with Crippen LogP contribution in [0.3, 0.4) is 0 Å². The third-order valence-electron chi connectivity index (χ3n) is 3.35. The maximum atomic E-state index is 12.8. The van der Waals surface area contributed by atoms with Gasteiger partial charge in [-0.1, -0.05) is 0 Å². The summed E-state index contributed by atoms with van der Waals surface area (Å²) in [5.74, 6) is -0.858. The van der Waals surface area contributed by atoms with Gasteiger partial charge in [-0.05, 0) is 18.2 Å². The van der Waals surface area contributed by atoms with Crippen LogP contribution in [0.15, 0.2) is 18.2 Å². The van der Waals surface area contributed by atoms with Crippen LogP contribution in [0.4, 0.5) is 18.9 Å². The number of nitrogens with two attached hydrogens (primary N) is 1. The Bertz CT molecular complexity index is 587. The number of carbonyl (C=O) groups is 2. The van der Waals surface area contributed by atoms with Gasteiger partial charge in [-0.25, -0.2) is 0 Å². The number of hydrogen-bond donors (Lipinski definition) is 1. The van der Waals surface area contributed by atoms with Gasteiger partial charge in [0.2, 0.25) is 5.91 Å². The summed E-state index contributed by atoms with van der Waals surface area (Å²) in [5.41, 5.74) is 3.67. The molecule has 1 aliphatic rings. The molecule has 21 heavy (non-hydrogen) atoms. The minimum Gasteiger partial charge on any atom is -0.398 e. The van der Waals surface area contributed by atoms with E-state index in [0.717, 1.165) is 12.1 Å². The number of rotatable bonds is 1. The molecule has 0 aliphatic carbocycles. The molecule has 1 aromatic carbocycles. The van der Waals surface area contributed by atoms with Crippen molar-refractivity contribution in [1.82, 2.24) is 9.80 Å². The second kappa shape index (κ2) is 5.27. The Hall–Kier alpha value is -2.25. The molecule has 1 aliphatic heterocycles. The van der Waals surface area contributed by atoms with Crippen molar-refractivity contribution in [3.8, 4) is 0 Å². The first-order valence-electron chi connectivity index (χ1n) is 6.20. The lowest BCUT2D eigenvalue weighted by molar-refractivity contribution is -0.137. The number of alkyl halides is 3. The fraction of sp³-hybridized carbons (Fsp3) is 0.385. The number of benzene rings is 1. The maximum Gasteiger partial charge on any atom is 0.418 e. The largest absolute Gasteiger partial charge is 0.418 e. The van der Waals surface area contributed by atoms with Crippen molar-refractivity contribution in [3.63, 3.8) is 0 Å². The molecule has 1 saturated heterocycles. The number of carbonyl (C=O) groups excluding carboxylic acids is 2. The van der Waals surface area contributed by atoms with Gasteiger partial charge in [0.1, 0.15) is 6.54 Å². The molecule has 0 saturated carbocycles. The Kier molecular flexibility index (Phi) is 3.80. The first kappa shape index (κ1) is 15.1. The Morgan fingerprint density at radius 3 is 2.52 bits per heavy atom. The molecule has 114 valence electrons. The van der Waals surface area contributed by atoms with Crippen LogP contribution >= 0.6 is 0 Å². The highest BCUT2D eigenvalue weighted by atomic mass is 19.4. The standard InChI is InChI=1S/C13H14F3N3O2/c1-18-4-5-19(7-11(18)20)12(21)8-2-3-10(17)9(6-8)13(14,15)16/h2-3,6H,4-5,7,17H2,1H3. The van der Waals surface area contributed by atoms with E-state index in [0.29, 0.717) is 6.54 Å². The summed E-state index contributed by atoms with van der Waals surface area (Å²) in [5, 5.41) is 0. The Morgan fingerprint density at radius 1 is 1.29 bits per heavy atom. The number of nitrogen functional groups attached to an aromatic ring is 1. The smallest absolute Gasteiger partial charge is 0.398 e. The Labute approximate surface area is 119 Å². The molecule has 2 N–H and O–H groups in total. The first-order valence-corrected chi connectivity index (χ1v) is 6.20. The summed E-state index contributed by atoms with van der Waals surface area (Å²) in [6, 6.07) is 3.00. The third kappa shape index (κ3) is 3.09. The highest BCUT2D eigenvalue weighted by molar-refractivity contribution is 5.97. The second-order valence-corrected chi connectivity index (χ2v) is 4.84.